The lowest BCUT2D eigenvalue weighted by Crippen LogP contribution is -2.19. The van der Waals surface area contributed by atoms with Crippen molar-refractivity contribution in [3.63, 3.8) is 0 Å². The number of methoxy groups -OCH3 is 1. The third kappa shape index (κ3) is 5.18. The molecule has 5 aromatic rings. The highest BCUT2D eigenvalue weighted by atomic mass is 32.2. The number of hydrogen-bond donors (Lipinski definition) is 1. The van der Waals surface area contributed by atoms with Crippen molar-refractivity contribution >= 4 is 26.7 Å². The fourth-order valence-corrected chi connectivity index (χ4v) is 5.14. The minimum absolute atomic E-state index is 0.0492. The summed E-state index contributed by atoms with van der Waals surface area (Å²) in [6, 6.07) is 19.6. The van der Waals surface area contributed by atoms with Crippen LogP contribution in [0.1, 0.15) is 5.56 Å². The summed E-state index contributed by atoms with van der Waals surface area (Å²) in [6.07, 6.45) is -3.08. The van der Waals surface area contributed by atoms with Crippen LogP contribution in [0.15, 0.2) is 101 Å². The number of anilines is 1. The summed E-state index contributed by atoms with van der Waals surface area (Å²) in [5, 5.41) is 7.82. The lowest BCUT2D eigenvalue weighted by atomic mass is 10.0. The number of hydrogen-bond acceptors (Lipinski definition) is 6. The van der Waals surface area contributed by atoms with Gasteiger partial charge in [0.1, 0.15) is 5.75 Å². The number of halogens is 3. The molecule has 0 aliphatic carbocycles. The summed E-state index contributed by atoms with van der Waals surface area (Å²) in [5.41, 5.74) is 0.306. The van der Waals surface area contributed by atoms with E-state index in [0.29, 0.717) is 27.7 Å². The largest absolute Gasteiger partial charge is 0.495 e. The molecule has 0 aliphatic heterocycles. The second-order valence-corrected chi connectivity index (χ2v) is 10.1. The normalized spacial score (nSPS) is 11.9. The van der Waals surface area contributed by atoms with Crippen LogP contribution in [-0.4, -0.2) is 30.3 Å². The van der Waals surface area contributed by atoms with E-state index in [9.17, 15) is 26.4 Å². The average molecular weight is 553 g/mol. The molecule has 0 unspecified atom stereocenters. The minimum Gasteiger partial charge on any atom is -0.495 e. The van der Waals surface area contributed by atoms with E-state index in [1.807, 2.05) is 0 Å². The van der Waals surface area contributed by atoms with Crippen LogP contribution in [-0.2, 0) is 16.2 Å². The highest BCUT2D eigenvalue weighted by Crippen LogP contribution is 2.35. The maximum Gasteiger partial charge on any atom is 0.416 e. The van der Waals surface area contributed by atoms with Crippen LogP contribution in [0.2, 0.25) is 0 Å². The van der Waals surface area contributed by atoms with Crippen molar-refractivity contribution in [2.24, 2.45) is 0 Å². The molecule has 3 aromatic carbocycles. The number of fused-ring (bicyclic) bond motifs is 1. The van der Waals surface area contributed by atoms with Crippen molar-refractivity contribution in [3.8, 4) is 22.6 Å². The van der Waals surface area contributed by atoms with Gasteiger partial charge in [-0.15, -0.1) is 5.10 Å². The van der Waals surface area contributed by atoms with Gasteiger partial charge in [-0.3, -0.25) is 14.1 Å². The molecule has 0 saturated carbocycles. The fraction of sp³-hybridized carbons (Fsp3) is 0.0741. The van der Waals surface area contributed by atoms with E-state index in [0.717, 1.165) is 12.1 Å². The Balaban J connectivity index is 1.58. The number of rotatable bonds is 6. The van der Waals surface area contributed by atoms with Crippen LogP contribution < -0.4 is 15.0 Å². The number of ether oxygens (including phenoxy) is 1. The van der Waals surface area contributed by atoms with Crippen LogP contribution in [0.25, 0.3) is 27.7 Å². The van der Waals surface area contributed by atoms with Gasteiger partial charge in [0.05, 0.1) is 28.8 Å². The Labute approximate surface area is 220 Å². The molecule has 0 fully saturated rings. The highest BCUT2D eigenvalue weighted by Gasteiger charge is 2.30. The minimum atomic E-state index is -4.49. The monoisotopic (exact) mass is 552 g/mol. The van der Waals surface area contributed by atoms with Crippen LogP contribution in [0, 0.1) is 0 Å². The maximum absolute atomic E-state index is 13.2. The van der Waals surface area contributed by atoms with Gasteiger partial charge in [-0.2, -0.15) is 18.3 Å². The van der Waals surface area contributed by atoms with Gasteiger partial charge in [-0.1, -0.05) is 18.2 Å². The lowest BCUT2D eigenvalue weighted by molar-refractivity contribution is -0.137. The molecule has 0 aliphatic rings. The summed E-state index contributed by atoms with van der Waals surface area (Å²) in [7, 11) is -2.62. The van der Waals surface area contributed by atoms with Crippen LogP contribution in [0.3, 0.4) is 0 Å². The lowest BCUT2D eigenvalue weighted by Gasteiger charge is -2.16. The molecule has 39 heavy (non-hydrogen) atoms. The number of aromatic nitrogens is 3. The first-order chi connectivity index (χ1) is 18.6. The predicted molar refractivity (Wildman–Crippen MR) is 139 cm³/mol. The van der Waals surface area contributed by atoms with Crippen LogP contribution >= 0.6 is 0 Å². The Bertz CT molecular complexity index is 1860. The quantitative estimate of drug-likeness (QED) is 0.308. The molecule has 0 saturated heterocycles. The molecule has 1 N–H and O–H groups in total. The Morgan fingerprint density at radius 2 is 1.69 bits per heavy atom. The van der Waals surface area contributed by atoms with E-state index in [4.69, 9.17) is 4.74 Å². The summed E-state index contributed by atoms with van der Waals surface area (Å²) in [5.74, 6) is 0.286. The Morgan fingerprint density at radius 1 is 0.897 bits per heavy atom. The molecular formula is C27H19F3N4O4S. The average Bonchev–Trinajstić information content (AvgIpc) is 2.92. The second-order valence-electron chi connectivity index (χ2n) is 8.41. The Kier molecular flexibility index (Phi) is 6.56. The molecule has 5 rings (SSSR count). The SMILES string of the molecule is COc1cc(-c2cccc(C(F)(F)F)c2)ccc1-n1c(=O)ccc2cc(S(=O)(=O)Nc3cccnn3)ccc21. The van der Waals surface area contributed by atoms with Gasteiger partial charge >= 0.3 is 6.18 Å². The highest BCUT2D eigenvalue weighted by molar-refractivity contribution is 7.92. The predicted octanol–water partition coefficient (Wildman–Crippen LogP) is 5.28. The zero-order valence-electron chi connectivity index (χ0n) is 20.2. The first-order valence-electron chi connectivity index (χ1n) is 11.4. The van der Waals surface area contributed by atoms with E-state index in [2.05, 4.69) is 14.9 Å². The number of nitrogens with one attached hydrogen (secondary N) is 1. The Morgan fingerprint density at radius 3 is 2.41 bits per heavy atom. The molecule has 0 amide bonds. The van der Waals surface area contributed by atoms with Crippen LogP contribution in [0.4, 0.5) is 19.0 Å². The molecular weight excluding hydrogens is 533 g/mol. The van der Waals surface area contributed by atoms with Gasteiger partial charge in [0.15, 0.2) is 5.82 Å². The van der Waals surface area contributed by atoms with Crippen molar-refractivity contribution in [1.82, 2.24) is 14.8 Å². The standard InChI is InChI=1S/C27H19F3N4O4S/c1-38-24-16-18(17-4-2-5-20(14-17)27(28,29)30)7-10-23(24)34-22-11-9-21(15-19(22)8-12-26(34)35)39(36,37)33-25-6-3-13-31-32-25/h2-16H,1H3,(H,32,33). The van der Waals surface area contributed by atoms with Gasteiger partial charge in [0.2, 0.25) is 0 Å². The smallest absolute Gasteiger partial charge is 0.416 e. The first kappa shape index (κ1) is 25.9. The number of sulfonamides is 1. The van der Waals surface area contributed by atoms with E-state index < -0.39 is 27.3 Å². The number of nitrogens with zero attached hydrogens (tertiary/aromatic N) is 3. The van der Waals surface area contributed by atoms with Crippen molar-refractivity contribution in [1.29, 1.82) is 0 Å². The van der Waals surface area contributed by atoms with E-state index in [-0.39, 0.29) is 16.5 Å². The van der Waals surface area contributed by atoms with E-state index in [1.54, 1.807) is 24.3 Å². The number of benzene rings is 3. The maximum atomic E-state index is 13.2. The summed E-state index contributed by atoms with van der Waals surface area (Å²) in [6.45, 7) is 0. The van der Waals surface area contributed by atoms with Crippen molar-refractivity contribution in [3.05, 3.63) is 107 Å². The summed E-state index contributed by atoms with van der Waals surface area (Å²) < 4.78 is 74.6. The van der Waals surface area contributed by atoms with Crippen molar-refractivity contribution in [2.45, 2.75) is 11.1 Å². The van der Waals surface area contributed by atoms with Crippen molar-refractivity contribution in [2.75, 3.05) is 11.8 Å². The Hall–Kier alpha value is -4.71. The molecule has 0 bridgehead atoms. The van der Waals surface area contributed by atoms with Crippen LogP contribution in [0.5, 0.6) is 5.75 Å². The number of pyridine rings is 1. The zero-order valence-corrected chi connectivity index (χ0v) is 21.0. The van der Waals surface area contributed by atoms with Gasteiger partial charge in [-0.25, -0.2) is 8.42 Å². The molecule has 8 nitrogen and oxygen atoms in total. The fourth-order valence-electron chi connectivity index (χ4n) is 4.11. The second kappa shape index (κ2) is 9.87. The zero-order chi connectivity index (χ0) is 27.8. The molecule has 198 valence electrons. The summed E-state index contributed by atoms with van der Waals surface area (Å²) >= 11 is 0. The van der Waals surface area contributed by atoms with Gasteiger partial charge in [0, 0.05) is 17.6 Å². The molecule has 12 heteroatoms. The third-order valence-corrected chi connectivity index (χ3v) is 7.28. The third-order valence-electron chi connectivity index (χ3n) is 5.93. The number of alkyl halides is 3. The molecule has 2 heterocycles. The molecule has 0 spiro atoms. The van der Waals surface area contributed by atoms with E-state index in [1.165, 1.54) is 66.4 Å². The van der Waals surface area contributed by atoms with Crippen molar-refractivity contribution < 1.29 is 26.3 Å². The van der Waals surface area contributed by atoms with E-state index >= 15 is 0 Å². The molecule has 0 radical (unpaired) electrons. The topological polar surface area (TPSA) is 103 Å². The van der Waals surface area contributed by atoms with Gasteiger partial charge in [0.25, 0.3) is 15.6 Å². The summed E-state index contributed by atoms with van der Waals surface area (Å²) in [4.78, 5) is 12.9. The first-order valence-corrected chi connectivity index (χ1v) is 12.9. The van der Waals surface area contributed by atoms with Gasteiger partial charge in [-0.05, 0) is 71.8 Å². The molecule has 0 atom stereocenters. The molecule has 2 aromatic heterocycles. The van der Waals surface area contributed by atoms with Gasteiger partial charge < -0.3 is 4.74 Å².